The molecule has 5 heteroatoms. The second-order valence-electron chi connectivity index (χ2n) is 1.32. The largest absolute Gasteiger partial charge is 0.395 e. The van der Waals surface area contributed by atoms with Gasteiger partial charge in [0.25, 0.3) is 0 Å². The standard InChI is InChI=1S/C4H10BNOS2/c5-6-1-3-8-9-4-2-7/h6-7H,1-4H2. The zero-order valence-electron chi connectivity index (χ0n) is 5.17. The van der Waals surface area contributed by atoms with Crippen molar-refractivity contribution in [1.29, 1.82) is 0 Å². The van der Waals surface area contributed by atoms with Gasteiger partial charge in [0.15, 0.2) is 7.98 Å². The number of aliphatic hydroxyl groups is 1. The van der Waals surface area contributed by atoms with Crippen molar-refractivity contribution in [1.82, 2.24) is 5.23 Å². The van der Waals surface area contributed by atoms with Gasteiger partial charge < -0.3 is 10.3 Å². The quantitative estimate of drug-likeness (QED) is 0.329. The summed E-state index contributed by atoms with van der Waals surface area (Å²) in [4.78, 5) is 0. The molecular weight excluding hydrogens is 153 g/mol. The Hall–Kier alpha value is 0.685. The van der Waals surface area contributed by atoms with E-state index in [0.717, 1.165) is 18.1 Å². The Kier molecular flexibility index (Phi) is 9.35. The molecule has 9 heavy (non-hydrogen) atoms. The van der Waals surface area contributed by atoms with E-state index in [2.05, 4.69) is 5.23 Å². The summed E-state index contributed by atoms with van der Waals surface area (Å²) in [5.41, 5.74) is 0. The molecule has 0 heterocycles. The Labute approximate surface area is 65.0 Å². The lowest BCUT2D eigenvalue weighted by Crippen LogP contribution is -2.11. The van der Waals surface area contributed by atoms with Crippen molar-refractivity contribution in [2.75, 3.05) is 24.7 Å². The predicted octanol–water partition coefficient (Wildman–Crippen LogP) is 0.0332. The first-order chi connectivity index (χ1) is 4.41. The van der Waals surface area contributed by atoms with E-state index in [9.17, 15) is 0 Å². The minimum atomic E-state index is 0.258. The molecule has 0 aromatic carbocycles. The maximum absolute atomic E-state index is 8.35. The molecule has 0 spiro atoms. The highest BCUT2D eigenvalue weighted by Gasteiger charge is 1.86. The molecule has 0 bridgehead atoms. The molecule has 0 aromatic heterocycles. The average molecular weight is 163 g/mol. The van der Waals surface area contributed by atoms with Gasteiger partial charge in [-0.2, -0.15) is 0 Å². The van der Waals surface area contributed by atoms with Crippen LogP contribution in [-0.4, -0.2) is 37.7 Å². The summed E-state index contributed by atoms with van der Waals surface area (Å²) in [5.74, 6) is 1.79. The molecule has 0 fully saturated rings. The van der Waals surface area contributed by atoms with Gasteiger partial charge in [0.1, 0.15) is 0 Å². The Morgan fingerprint density at radius 3 is 2.56 bits per heavy atom. The first-order valence-electron chi connectivity index (χ1n) is 2.70. The van der Waals surface area contributed by atoms with Gasteiger partial charge in [0.2, 0.25) is 0 Å². The van der Waals surface area contributed by atoms with E-state index in [1.807, 2.05) is 0 Å². The summed E-state index contributed by atoms with van der Waals surface area (Å²) >= 11 is 0. The molecule has 2 radical (unpaired) electrons. The normalized spacial score (nSPS) is 9.89. The summed E-state index contributed by atoms with van der Waals surface area (Å²) in [5, 5.41) is 10.9. The van der Waals surface area contributed by atoms with Gasteiger partial charge >= 0.3 is 0 Å². The zero-order valence-corrected chi connectivity index (χ0v) is 6.80. The Bertz CT molecular complexity index is 51.8. The zero-order chi connectivity index (χ0) is 6.95. The summed E-state index contributed by atoms with van der Waals surface area (Å²) in [6.07, 6.45) is 0. The fourth-order valence-electron chi connectivity index (χ4n) is 0.256. The number of nitrogens with one attached hydrogen (secondary N) is 1. The van der Waals surface area contributed by atoms with E-state index >= 15 is 0 Å². The van der Waals surface area contributed by atoms with Gasteiger partial charge in [-0.25, -0.2) is 0 Å². The summed E-state index contributed by atoms with van der Waals surface area (Å²) < 4.78 is 0. The smallest absolute Gasteiger partial charge is 0.177 e. The third kappa shape index (κ3) is 8.68. The molecule has 0 rings (SSSR count). The van der Waals surface area contributed by atoms with Crippen LogP contribution in [0.15, 0.2) is 0 Å². The Balaban J connectivity index is 2.60. The second kappa shape index (κ2) is 8.68. The van der Waals surface area contributed by atoms with Crippen molar-refractivity contribution >= 4 is 29.6 Å². The molecule has 52 valence electrons. The van der Waals surface area contributed by atoms with Crippen molar-refractivity contribution in [3.05, 3.63) is 0 Å². The third-order valence-corrected chi connectivity index (χ3v) is 2.97. The molecular formula is C4H10BNOS2. The maximum atomic E-state index is 8.35. The Morgan fingerprint density at radius 2 is 2.00 bits per heavy atom. The number of aliphatic hydroxyl groups excluding tert-OH is 1. The van der Waals surface area contributed by atoms with Gasteiger partial charge in [-0.05, 0) is 6.54 Å². The minimum absolute atomic E-state index is 0.258. The monoisotopic (exact) mass is 163 g/mol. The summed E-state index contributed by atoms with van der Waals surface area (Å²) in [6, 6.07) is 0. The van der Waals surface area contributed by atoms with Gasteiger partial charge in [-0.15, -0.1) is 0 Å². The van der Waals surface area contributed by atoms with Gasteiger partial charge in [0, 0.05) is 11.5 Å². The molecule has 2 nitrogen and oxygen atoms in total. The SMILES string of the molecule is [B]NCCSSCCO. The molecule has 0 saturated heterocycles. The first kappa shape index (κ1) is 9.68. The van der Waals surface area contributed by atoms with E-state index in [0.29, 0.717) is 0 Å². The van der Waals surface area contributed by atoms with E-state index in [1.54, 1.807) is 21.6 Å². The van der Waals surface area contributed by atoms with Crippen molar-refractivity contribution < 1.29 is 5.11 Å². The lowest BCUT2D eigenvalue weighted by atomic mass is 10.4. The van der Waals surface area contributed by atoms with Crippen molar-refractivity contribution in [3.8, 4) is 0 Å². The molecule has 2 N–H and O–H groups in total. The van der Waals surface area contributed by atoms with Crippen LogP contribution in [0, 0.1) is 0 Å². The minimum Gasteiger partial charge on any atom is -0.395 e. The Morgan fingerprint density at radius 1 is 1.33 bits per heavy atom. The van der Waals surface area contributed by atoms with Crippen molar-refractivity contribution in [3.63, 3.8) is 0 Å². The van der Waals surface area contributed by atoms with E-state index in [1.165, 1.54) is 0 Å². The van der Waals surface area contributed by atoms with Crippen molar-refractivity contribution in [2.24, 2.45) is 0 Å². The number of hydrogen-bond donors (Lipinski definition) is 2. The highest BCUT2D eigenvalue weighted by Crippen LogP contribution is 2.18. The van der Waals surface area contributed by atoms with Gasteiger partial charge in [-0.3, -0.25) is 0 Å². The van der Waals surface area contributed by atoms with Crippen LogP contribution < -0.4 is 5.23 Å². The topological polar surface area (TPSA) is 32.3 Å². The number of hydrogen-bond acceptors (Lipinski definition) is 4. The van der Waals surface area contributed by atoms with Gasteiger partial charge in [-0.1, -0.05) is 21.6 Å². The summed E-state index contributed by atoms with van der Waals surface area (Å²) in [7, 11) is 8.40. The molecule has 0 aliphatic heterocycles. The molecule has 0 aliphatic rings. The van der Waals surface area contributed by atoms with Crippen LogP contribution in [-0.2, 0) is 0 Å². The van der Waals surface area contributed by atoms with Crippen LogP contribution in [0.4, 0.5) is 0 Å². The highest BCUT2D eigenvalue weighted by molar-refractivity contribution is 8.76. The first-order valence-corrected chi connectivity index (χ1v) is 5.19. The highest BCUT2D eigenvalue weighted by atomic mass is 33.1. The fraction of sp³-hybridized carbons (Fsp3) is 1.00. The van der Waals surface area contributed by atoms with Crippen LogP contribution in [0.25, 0.3) is 0 Å². The molecule has 0 atom stereocenters. The molecule has 0 saturated carbocycles. The summed E-state index contributed by atoms with van der Waals surface area (Å²) in [6.45, 7) is 1.08. The molecule has 0 unspecified atom stereocenters. The fourth-order valence-corrected chi connectivity index (χ4v) is 1.95. The maximum Gasteiger partial charge on any atom is 0.177 e. The third-order valence-electron chi connectivity index (χ3n) is 0.588. The second-order valence-corrected chi connectivity index (χ2v) is 4.02. The molecule has 0 amide bonds. The van der Waals surface area contributed by atoms with Crippen LogP contribution in [0.1, 0.15) is 0 Å². The van der Waals surface area contributed by atoms with Gasteiger partial charge in [0.05, 0.1) is 6.61 Å². The van der Waals surface area contributed by atoms with E-state index < -0.39 is 0 Å². The van der Waals surface area contributed by atoms with E-state index in [-0.39, 0.29) is 6.61 Å². The van der Waals surface area contributed by atoms with Crippen LogP contribution in [0.5, 0.6) is 0 Å². The molecule has 0 aromatic rings. The number of rotatable bonds is 6. The van der Waals surface area contributed by atoms with Crippen molar-refractivity contribution in [2.45, 2.75) is 0 Å². The van der Waals surface area contributed by atoms with E-state index in [4.69, 9.17) is 13.1 Å². The molecule has 0 aliphatic carbocycles. The van der Waals surface area contributed by atoms with Crippen LogP contribution in [0.3, 0.4) is 0 Å². The lowest BCUT2D eigenvalue weighted by Gasteiger charge is -1.96. The lowest BCUT2D eigenvalue weighted by molar-refractivity contribution is 0.323. The van der Waals surface area contributed by atoms with Crippen LogP contribution in [0.2, 0.25) is 0 Å². The van der Waals surface area contributed by atoms with Crippen LogP contribution >= 0.6 is 21.6 Å². The average Bonchev–Trinajstić information content (AvgIpc) is 1.89. The predicted molar refractivity (Wildman–Crippen MR) is 45.8 cm³/mol.